The lowest BCUT2D eigenvalue weighted by Gasteiger charge is -2.07. The molecule has 0 saturated carbocycles. The minimum Gasteiger partial charge on any atom is -0.497 e. The van der Waals surface area contributed by atoms with Gasteiger partial charge in [-0.2, -0.15) is 0 Å². The maximum Gasteiger partial charge on any atom is 0.253 e. The van der Waals surface area contributed by atoms with E-state index in [2.05, 4.69) is 15.3 Å². The molecule has 0 radical (unpaired) electrons. The van der Waals surface area contributed by atoms with E-state index in [9.17, 15) is 4.79 Å². The van der Waals surface area contributed by atoms with E-state index in [4.69, 9.17) is 4.74 Å². The molecule has 5 heteroatoms. The first-order valence-corrected chi connectivity index (χ1v) is 7.53. The number of benzene rings is 1. The predicted molar refractivity (Wildman–Crippen MR) is 91.6 cm³/mol. The molecule has 0 aliphatic heterocycles. The molecular weight excluding hydrogens is 302 g/mol. The Bertz CT molecular complexity index is 818. The van der Waals surface area contributed by atoms with Gasteiger partial charge in [0.2, 0.25) is 0 Å². The first kappa shape index (κ1) is 15.7. The van der Waals surface area contributed by atoms with Crippen LogP contribution in [0, 0.1) is 0 Å². The number of hydrogen-bond acceptors (Lipinski definition) is 4. The molecule has 120 valence electrons. The molecule has 24 heavy (non-hydrogen) atoms. The Kier molecular flexibility index (Phi) is 4.81. The van der Waals surface area contributed by atoms with Crippen molar-refractivity contribution in [3.05, 3.63) is 78.4 Å². The number of carbonyl (C=O) groups excluding carboxylic acids is 1. The zero-order valence-corrected chi connectivity index (χ0v) is 13.3. The van der Waals surface area contributed by atoms with E-state index in [1.807, 2.05) is 42.5 Å². The van der Waals surface area contributed by atoms with Gasteiger partial charge in [0.1, 0.15) is 5.75 Å². The maximum absolute atomic E-state index is 12.3. The summed E-state index contributed by atoms with van der Waals surface area (Å²) in [6.07, 6.45) is 6.74. The highest BCUT2D eigenvalue weighted by atomic mass is 16.5. The molecular formula is C19H17N3O2. The van der Waals surface area contributed by atoms with Crippen molar-refractivity contribution in [2.24, 2.45) is 0 Å². The molecule has 1 amide bonds. The largest absolute Gasteiger partial charge is 0.497 e. The van der Waals surface area contributed by atoms with Crippen LogP contribution in [0.3, 0.4) is 0 Å². The van der Waals surface area contributed by atoms with Crippen LogP contribution >= 0.6 is 0 Å². The number of carbonyl (C=O) groups is 1. The van der Waals surface area contributed by atoms with Crippen LogP contribution in [0.4, 0.5) is 0 Å². The van der Waals surface area contributed by atoms with Crippen molar-refractivity contribution in [1.82, 2.24) is 15.3 Å². The average Bonchev–Trinajstić information content (AvgIpc) is 2.67. The third-order valence-corrected chi connectivity index (χ3v) is 3.61. The van der Waals surface area contributed by atoms with Crippen molar-refractivity contribution >= 4 is 5.91 Å². The van der Waals surface area contributed by atoms with Crippen LogP contribution < -0.4 is 10.1 Å². The van der Waals surface area contributed by atoms with Crippen molar-refractivity contribution in [1.29, 1.82) is 0 Å². The molecule has 0 aliphatic rings. The van der Waals surface area contributed by atoms with Crippen molar-refractivity contribution in [3.8, 4) is 16.9 Å². The molecule has 3 aromatic rings. The fourth-order valence-electron chi connectivity index (χ4n) is 2.28. The van der Waals surface area contributed by atoms with Crippen molar-refractivity contribution in [2.45, 2.75) is 6.54 Å². The van der Waals surface area contributed by atoms with Crippen LogP contribution in [0.15, 0.2) is 67.3 Å². The van der Waals surface area contributed by atoms with Gasteiger partial charge in [-0.05, 0) is 29.8 Å². The molecule has 3 rings (SSSR count). The van der Waals surface area contributed by atoms with Gasteiger partial charge in [-0.3, -0.25) is 14.8 Å². The highest BCUT2D eigenvalue weighted by Gasteiger charge is 2.08. The highest BCUT2D eigenvalue weighted by Crippen LogP contribution is 2.18. The summed E-state index contributed by atoms with van der Waals surface area (Å²) in [6, 6.07) is 13.2. The summed E-state index contributed by atoms with van der Waals surface area (Å²) in [5, 5.41) is 2.90. The minimum absolute atomic E-state index is 0.163. The molecule has 0 atom stereocenters. The Labute approximate surface area is 140 Å². The van der Waals surface area contributed by atoms with E-state index in [0.717, 1.165) is 22.4 Å². The summed E-state index contributed by atoms with van der Waals surface area (Å²) < 4.78 is 5.12. The number of rotatable bonds is 5. The highest BCUT2D eigenvalue weighted by molar-refractivity contribution is 5.95. The second-order valence-electron chi connectivity index (χ2n) is 5.23. The number of methoxy groups -OCH3 is 1. The van der Waals surface area contributed by atoms with Crippen LogP contribution in [0.25, 0.3) is 11.1 Å². The molecule has 0 unspecified atom stereocenters. The Morgan fingerprint density at radius 3 is 2.54 bits per heavy atom. The number of pyridine rings is 2. The average molecular weight is 319 g/mol. The van der Waals surface area contributed by atoms with E-state index in [0.29, 0.717) is 12.1 Å². The molecule has 0 spiro atoms. The number of hydrogen-bond donors (Lipinski definition) is 1. The van der Waals surface area contributed by atoms with Crippen molar-refractivity contribution < 1.29 is 9.53 Å². The van der Waals surface area contributed by atoms with Crippen molar-refractivity contribution in [2.75, 3.05) is 7.11 Å². The third kappa shape index (κ3) is 3.76. The SMILES string of the molecule is COc1ccc(CNC(=O)c2cncc(-c3cccnc3)c2)cc1. The van der Waals surface area contributed by atoms with Gasteiger partial charge in [0.25, 0.3) is 5.91 Å². The number of amides is 1. The maximum atomic E-state index is 12.3. The lowest BCUT2D eigenvalue weighted by molar-refractivity contribution is 0.0950. The van der Waals surface area contributed by atoms with E-state index in [1.54, 1.807) is 31.9 Å². The Hall–Kier alpha value is -3.21. The summed E-state index contributed by atoms with van der Waals surface area (Å²) in [7, 11) is 1.62. The summed E-state index contributed by atoms with van der Waals surface area (Å²) >= 11 is 0. The molecule has 1 aromatic carbocycles. The van der Waals surface area contributed by atoms with Gasteiger partial charge >= 0.3 is 0 Å². The third-order valence-electron chi connectivity index (χ3n) is 3.61. The van der Waals surface area contributed by atoms with Gasteiger partial charge in [0.15, 0.2) is 0 Å². The molecule has 0 fully saturated rings. The van der Waals surface area contributed by atoms with Gasteiger partial charge in [0, 0.05) is 42.5 Å². The van der Waals surface area contributed by atoms with E-state index in [-0.39, 0.29) is 5.91 Å². The quantitative estimate of drug-likeness (QED) is 0.785. The van der Waals surface area contributed by atoms with Gasteiger partial charge < -0.3 is 10.1 Å². The van der Waals surface area contributed by atoms with E-state index >= 15 is 0 Å². The number of ether oxygens (including phenoxy) is 1. The number of aromatic nitrogens is 2. The van der Waals surface area contributed by atoms with Crippen LogP contribution in [-0.4, -0.2) is 23.0 Å². The van der Waals surface area contributed by atoms with Gasteiger partial charge in [0.05, 0.1) is 12.7 Å². The number of nitrogens with zero attached hydrogens (tertiary/aromatic N) is 2. The van der Waals surface area contributed by atoms with Gasteiger partial charge in [-0.15, -0.1) is 0 Å². The lowest BCUT2D eigenvalue weighted by Crippen LogP contribution is -2.22. The topological polar surface area (TPSA) is 64.1 Å². The smallest absolute Gasteiger partial charge is 0.253 e. The number of nitrogens with one attached hydrogen (secondary N) is 1. The molecule has 0 saturated heterocycles. The monoisotopic (exact) mass is 319 g/mol. The molecule has 2 heterocycles. The summed E-state index contributed by atoms with van der Waals surface area (Å²) in [6.45, 7) is 0.444. The Morgan fingerprint density at radius 2 is 1.83 bits per heavy atom. The second kappa shape index (κ2) is 7.37. The zero-order valence-electron chi connectivity index (χ0n) is 13.3. The molecule has 0 bridgehead atoms. The first-order valence-electron chi connectivity index (χ1n) is 7.53. The molecule has 2 aromatic heterocycles. The molecule has 5 nitrogen and oxygen atoms in total. The minimum atomic E-state index is -0.163. The van der Waals surface area contributed by atoms with Crippen LogP contribution in [0.1, 0.15) is 15.9 Å². The summed E-state index contributed by atoms with van der Waals surface area (Å²) in [5.41, 5.74) is 3.31. The second-order valence-corrected chi connectivity index (χ2v) is 5.23. The predicted octanol–water partition coefficient (Wildman–Crippen LogP) is 3.08. The summed E-state index contributed by atoms with van der Waals surface area (Å²) in [4.78, 5) is 20.6. The Morgan fingerprint density at radius 1 is 1.04 bits per heavy atom. The van der Waals surface area contributed by atoms with Crippen LogP contribution in [0.2, 0.25) is 0 Å². The standard InChI is InChI=1S/C19H17N3O2/c1-24-18-6-4-14(5-7-18)10-22-19(23)17-9-16(12-21-13-17)15-3-2-8-20-11-15/h2-9,11-13H,10H2,1H3,(H,22,23). The van der Waals surface area contributed by atoms with Crippen molar-refractivity contribution in [3.63, 3.8) is 0 Å². The Balaban J connectivity index is 1.68. The first-order chi connectivity index (χ1) is 11.8. The van der Waals surface area contributed by atoms with Gasteiger partial charge in [-0.1, -0.05) is 18.2 Å². The normalized spacial score (nSPS) is 10.2. The lowest BCUT2D eigenvalue weighted by atomic mass is 10.1. The van der Waals surface area contributed by atoms with E-state index < -0.39 is 0 Å². The van der Waals surface area contributed by atoms with Crippen LogP contribution in [-0.2, 0) is 6.54 Å². The zero-order chi connectivity index (χ0) is 16.8. The van der Waals surface area contributed by atoms with Gasteiger partial charge in [-0.25, -0.2) is 0 Å². The fraction of sp³-hybridized carbons (Fsp3) is 0.105. The molecule has 0 aliphatic carbocycles. The summed E-state index contributed by atoms with van der Waals surface area (Å²) in [5.74, 6) is 0.627. The van der Waals surface area contributed by atoms with Crippen LogP contribution in [0.5, 0.6) is 5.75 Å². The van der Waals surface area contributed by atoms with E-state index in [1.165, 1.54) is 0 Å². The fourth-order valence-corrected chi connectivity index (χ4v) is 2.28. The molecule has 1 N–H and O–H groups in total.